The Balaban J connectivity index is 3.11. The Labute approximate surface area is 96.4 Å². The Hall–Kier alpha value is -0.910. The topological polar surface area (TPSA) is 66.4 Å². The molecule has 0 aliphatic heterocycles. The lowest BCUT2D eigenvalue weighted by Gasteiger charge is -2.12. The van der Waals surface area contributed by atoms with Crippen LogP contribution in [0.5, 0.6) is 0 Å². The van der Waals surface area contributed by atoms with Gasteiger partial charge in [0.1, 0.15) is 0 Å². The highest BCUT2D eigenvalue weighted by Crippen LogP contribution is 2.16. The van der Waals surface area contributed by atoms with E-state index in [0.717, 1.165) is 0 Å². The van der Waals surface area contributed by atoms with Crippen LogP contribution in [0.15, 0.2) is 29.2 Å². The Morgan fingerprint density at radius 1 is 1.31 bits per heavy atom. The summed E-state index contributed by atoms with van der Waals surface area (Å²) in [5.74, 6) is 0. The zero-order chi connectivity index (χ0) is 12.2. The molecule has 1 aromatic carbocycles. The van der Waals surface area contributed by atoms with Crippen LogP contribution in [0.25, 0.3) is 0 Å². The van der Waals surface area contributed by atoms with Gasteiger partial charge in [-0.05, 0) is 31.9 Å². The first-order valence-corrected chi connectivity index (χ1v) is 6.67. The first-order valence-electron chi connectivity index (χ1n) is 5.18. The molecule has 16 heavy (non-hydrogen) atoms. The fourth-order valence-corrected chi connectivity index (χ4v) is 2.99. The predicted octanol–water partition coefficient (Wildman–Crippen LogP) is 0.908. The molecule has 0 fully saturated rings. The first kappa shape index (κ1) is 13.2. The minimum atomic E-state index is -3.47. The fraction of sp³-hybridized carbons (Fsp3) is 0.455. The molecule has 1 aromatic rings. The van der Waals surface area contributed by atoms with Gasteiger partial charge in [-0.1, -0.05) is 18.2 Å². The number of sulfonamides is 1. The molecule has 0 aliphatic carbocycles. The maximum atomic E-state index is 11.9. The largest absolute Gasteiger partial charge is 0.396 e. The second kappa shape index (κ2) is 5.43. The van der Waals surface area contributed by atoms with Gasteiger partial charge in [-0.25, -0.2) is 13.1 Å². The molecule has 2 N–H and O–H groups in total. The van der Waals surface area contributed by atoms with Crippen LogP contribution in [-0.2, 0) is 16.4 Å². The number of aliphatic hydroxyl groups is 1. The summed E-state index contributed by atoms with van der Waals surface area (Å²) in [6.45, 7) is 3.48. The summed E-state index contributed by atoms with van der Waals surface area (Å²) in [5.41, 5.74) is 0.637. The number of hydrogen-bond donors (Lipinski definition) is 2. The van der Waals surface area contributed by atoms with E-state index in [-0.39, 0.29) is 17.5 Å². The summed E-state index contributed by atoms with van der Waals surface area (Å²) in [4.78, 5) is 0.248. The van der Waals surface area contributed by atoms with E-state index < -0.39 is 10.0 Å². The molecule has 4 nitrogen and oxygen atoms in total. The summed E-state index contributed by atoms with van der Waals surface area (Å²) in [7, 11) is -3.47. The van der Waals surface area contributed by atoms with Crippen LogP contribution in [0.2, 0.25) is 0 Å². The van der Waals surface area contributed by atoms with E-state index in [2.05, 4.69) is 4.72 Å². The third-order valence-corrected chi connectivity index (χ3v) is 3.79. The van der Waals surface area contributed by atoms with Gasteiger partial charge in [-0.2, -0.15) is 0 Å². The highest BCUT2D eigenvalue weighted by Gasteiger charge is 2.18. The van der Waals surface area contributed by atoms with Crippen molar-refractivity contribution < 1.29 is 13.5 Å². The van der Waals surface area contributed by atoms with Gasteiger partial charge in [0.2, 0.25) is 10.0 Å². The normalized spacial score (nSPS) is 12.0. The van der Waals surface area contributed by atoms with Gasteiger partial charge in [0, 0.05) is 12.6 Å². The van der Waals surface area contributed by atoms with Gasteiger partial charge in [0.15, 0.2) is 0 Å². The summed E-state index contributed by atoms with van der Waals surface area (Å²) in [6, 6.07) is 6.56. The Bertz CT molecular complexity index is 440. The SMILES string of the molecule is CC(C)NS(=O)(=O)c1ccccc1CCO. The van der Waals surface area contributed by atoms with Crippen molar-refractivity contribution in [1.82, 2.24) is 4.72 Å². The number of nitrogens with one attached hydrogen (secondary N) is 1. The molecule has 0 aliphatic rings. The molecule has 90 valence electrons. The lowest BCUT2D eigenvalue weighted by atomic mass is 10.2. The van der Waals surface area contributed by atoms with E-state index in [9.17, 15) is 8.42 Å². The van der Waals surface area contributed by atoms with Crippen molar-refractivity contribution in [3.05, 3.63) is 29.8 Å². The molecule has 0 aromatic heterocycles. The molecule has 0 atom stereocenters. The van der Waals surface area contributed by atoms with Crippen molar-refractivity contribution in [1.29, 1.82) is 0 Å². The molecule has 0 unspecified atom stereocenters. The summed E-state index contributed by atoms with van der Waals surface area (Å²) < 4.78 is 26.4. The molecular weight excluding hydrogens is 226 g/mol. The average Bonchev–Trinajstić information content (AvgIpc) is 2.17. The fourth-order valence-electron chi connectivity index (χ4n) is 1.47. The zero-order valence-electron chi connectivity index (χ0n) is 9.47. The predicted molar refractivity (Wildman–Crippen MR) is 62.7 cm³/mol. The third kappa shape index (κ3) is 3.30. The van der Waals surface area contributed by atoms with E-state index in [0.29, 0.717) is 12.0 Å². The molecule has 1 rings (SSSR count). The van der Waals surface area contributed by atoms with Crippen molar-refractivity contribution in [2.75, 3.05) is 6.61 Å². The number of aliphatic hydroxyl groups excluding tert-OH is 1. The first-order chi connectivity index (χ1) is 7.47. The lowest BCUT2D eigenvalue weighted by molar-refractivity contribution is 0.298. The average molecular weight is 243 g/mol. The molecular formula is C11H17NO3S. The Morgan fingerprint density at radius 2 is 1.94 bits per heavy atom. The van der Waals surface area contributed by atoms with Gasteiger partial charge in [0.25, 0.3) is 0 Å². The van der Waals surface area contributed by atoms with E-state index in [1.54, 1.807) is 38.1 Å². The smallest absolute Gasteiger partial charge is 0.241 e. The second-order valence-electron chi connectivity index (χ2n) is 3.86. The molecule has 0 saturated carbocycles. The Morgan fingerprint density at radius 3 is 2.50 bits per heavy atom. The maximum Gasteiger partial charge on any atom is 0.241 e. The van der Waals surface area contributed by atoms with Crippen LogP contribution in [0.1, 0.15) is 19.4 Å². The summed E-state index contributed by atoms with van der Waals surface area (Å²) in [5, 5.41) is 8.88. The number of hydrogen-bond acceptors (Lipinski definition) is 3. The zero-order valence-corrected chi connectivity index (χ0v) is 10.3. The van der Waals surface area contributed by atoms with E-state index in [4.69, 9.17) is 5.11 Å². The molecule has 0 bridgehead atoms. The molecule has 0 amide bonds. The third-order valence-electron chi connectivity index (χ3n) is 2.03. The molecule has 0 heterocycles. The monoisotopic (exact) mass is 243 g/mol. The van der Waals surface area contributed by atoms with Gasteiger partial charge >= 0.3 is 0 Å². The van der Waals surface area contributed by atoms with Gasteiger partial charge in [-0.3, -0.25) is 0 Å². The summed E-state index contributed by atoms with van der Waals surface area (Å²) in [6.07, 6.45) is 0.342. The van der Waals surface area contributed by atoms with Crippen LogP contribution < -0.4 is 4.72 Å². The highest BCUT2D eigenvalue weighted by molar-refractivity contribution is 7.89. The molecule has 0 saturated heterocycles. The van der Waals surface area contributed by atoms with Gasteiger partial charge in [0.05, 0.1) is 4.90 Å². The Kier molecular flexibility index (Phi) is 4.46. The van der Waals surface area contributed by atoms with Crippen LogP contribution in [0.3, 0.4) is 0 Å². The van der Waals surface area contributed by atoms with E-state index in [1.807, 2.05) is 0 Å². The highest BCUT2D eigenvalue weighted by atomic mass is 32.2. The van der Waals surface area contributed by atoms with Crippen molar-refractivity contribution >= 4 is 10.0 Å². The molecule has 0 radical (unpaired) electrons. The van der Waals surface area contributed by atoms with E-state index in [1.165, 1.54) is 0 Å². The van der Waals surface area contributed by atoms with Crippen molar-refractivity contribution in [3.8, 4) is 0 Å². The molecule has 5 heteroatoms. The van der Waals surface area contributed by atoms with Crippen LogP contribution in [-0.4, -0.2) is 26.2 Å². The van der Waals surface area contributed by atoms with Crippen molar-refractivity contribution in [3.63, 3.8) is 0 Å². The lowest BCUT2D eigenvalue weighted by Crippen LogP contribution is -2.31. The standard InChI is InChI=1S/C11H17NO3S/c1-9(2)12-16(14,15)11-6-4-3-5-10(11)7-8-13/h3-6,9,12-13H,7-8H2,1-2H3. The second-order valence-corrected chi connectivity index (χ2v) is 5.54. The minimum Gasteiger partial charge on any atom is -0.396 e. The quantitative estimate of drug-likeness (QED) is 0.807. The van der Waals surface area contributed by atoms with Crippen LogP contribution in [0, 0.1) is 0 Å². The van der Waals surface area contributed by atoms with E-state index >= 15 is 0 Å². The van der Waals surface area contributed by atoms with Crippen molar-refractivity contribution in [2.45, 2.75) is 31.2 Å². The van der Waals surface area contributed by atoms with Crippen LogP contribution in [0.4, 0.5) is 0 Å². The molecule has 0 spiro atoms. The van der Waals surface area contributed by atoms with Crippen molar-refractivity contribution in [2.24, 2.45) is 0 Å². The van der Waals surface area contributed by atoms with Gasteiger partial charge < -0.3 is 5.11 Å². The maximum absolute atomic E-state index is 11.9. The minimum absolute atomic E-state index is 0.0613. The van der Waals surface area contributed by atoms with Crippen LogP contribution >= 0.6 is 0 Å². The number of rotatable bonds is 5. The number of benzene rings is 1. The summed E-state index contributed by atoms with van der Waals surface area (Å²) >= 11 is 0. The van der Waals surface area contributed by atoms with Gasteiger partial charge in [-0.15, -0.1) is 0 Å².